The Morgan fingerprint density at radius 1 is 1.64 bits per heavy atom. The molecule has 0 aromatic carbocycles. The fourth-order valence-corrected chi connectivity index (χ4v) is 0.493. The number of halogens is 1. The quantitative estimate of drug-likeness (QED) is 0.679. The van der Waals surface area contributed by atoms with E-state index in [4.69, 9.17) is 5.11 Å². The molecule has 11 heavy (non-hydrogen) atoms. The van der Waals surface area contributed by atoms with E-state index in [9.17, 15) is 4.79 Å². The summed E-state index contributed by atoms with van der Waals surface area (Å²) in [5.74, 6) is -0.851. The van der Waals surface area contributed by atoms with Crippen LogP contribution in [0.1, 0.15) is 6.42 Å². The number of nitrogens with zero attached hydrogens (tertiary/aromatic N) is 4. The molecule has 0 aliphatic carbocycles. The van der Waals surface area contributed by atoms with Gasteiger partial charge in [0, 0.05) is 0 Å². The molecule has 0 saturated heterocycles. The Bertz CT molecular complexity index is 212. The van der Waals surface area contributed by atoms with Crippen LogP contribution < -0.4 is 0 Å². The monoisotopic (exact) mass is 178 g/mol. The first-order valence-electron chi connectivity index (χ1n) is 2.71. The number of hydrogen-bond acceptors (Lipinski definition) is 4. The lowest BCUT2D eigenvalue weighted by Gasteiger charge is -1.91. The van der Waals surface area contributed by atoms with Gasteiger partial charge >= 0.3 is 5.97 Å². The maximum absolute atomic E-state index is 10.0. The van der Waals surface area contributed by atoms with Crippen LogP contribution in [0.2, 0.25) is 0 Å². The van der Waals surface area contributed by atoms with E-state index in [-0.39, 0.29) is 18.8 Å². The van der Waals surface area contributed by atoms with Gasteiger partial charge in [0.2, 0.25) is 0 Å². The van der Waals surface area contributed by atoms with Crippen molar-refractivity contribution in [3.05, 3.63) is 6.33 Å². The van der Waals surface area contributed by atoms with Gasteiger partial charge in [0.25, 0.3) is 0 Å². The second kappa shape index (κ2) is 4.62. The molecule has 1 aromatic rings. The number of hydrogen-bond donors (Lipinski definition) is 1. The molecule has 0 fully saturated rings. The van der Waals surface area contributed by atoms with Gasteiger partial charge in [-0.15, -0.1) is 17.5 Å². The third-order valence-corrected chi connectivity index (χ3v) is 0.946. The number of carbonyl (C=O) groups is 1. The maximum Gasteiger partial charge on any atom is 0.305 e. The van der Waals surface area contributed by atoms with Gasteiger partial charge in [-0.1, -0.05) is 0 Å². The smallest absolute Gasteiger partial charge is 0.305 e. The highest BCUT2D eigenvalue weighted by molar-refractivity contribution is 5.85. The Morgan fingerprint density at radius 2 is 2.36 bits per heavy atom. The van der Waals surface area contributed by atoms with Crippen LogP contribution in [0.5, 0.6) is 0 Å². The van der Waals surface area contributed by atoms with Gasteiger partial charge in [0.1, 0.15) is 6.33 Å². The lowest BCUT2D eigenvalue weighted by Crippen LogP contribution is -2.04. The summed E-state index contributed by atoms with van der Waals surface area (Å²) in [6.07, 6.45) is 1.42. The standard InChI is InChI=1S/C4H6N4O2.ClH/c9-4(10)1-2-8-3-5-6-7-8;/h3H,1-2H2,(H,9,10);1H. The first-order valence-corrected chi connectivity index (χ1v) is 2.71. The first-order chi connectivity index (χ1) is 4.79. The largest absolute Gasteiger partial charge is 0.481 e. The van der Waals surface area contributed by atoms with Crippen molar-refractivity contribution in [3.8, 4) is 0 Å². The molecule has 1 aromatic heterocycles. The minimum Gasteiger partial charge on any atom is -0.481 e. The molecular weight excluding hydrogens is 172 g/mol. The summed E-state index contributed by atoms with van der Waals surface area (Å²) in [6.45, 7) is 0.322. The third kappa shape index (κ3) is 3.51. The number of aliphatic carboxylic acids is 1. The van der Waals surface area contributed by atoms with Gasteiger partial charge in [0.05, 0.1) is 13.0 Å². The van der Waals surface area contributed by atoms with Crippen molar-refractivity contribution in [2.75, 3.05) is 0 Å². The second-order valence-electron chi connectivity index (χ2n) is 1.72. The van der Waals surface area contributed by atoms with Crippen molar-refractivity contribution in [3.63, 3.8) is 0 Å². The average Bonchev–Trinajstić information content (AvgIpc) is 2.34. The first kappa shape index (κ1) is 9.83. The normalized spacial score (nSPS) is 8.73. The Morgan fingerprint density at radius 3 is 2.82 bits per heavy atom. The number of aryl methyl sites for hydroxylation is 1. The van der Waals surface area contributed by atoms with Crippen molar-refractivity contribution < 1.29 is 9.90 Å². The van der Waals surface area contributed by atoms with E-state index < -0.39 is 5.97 Å². The van der Waals surface area contributed by atoms with Crippen LogP contribution in [0.3, 0.4) is 0 Å². The van der Waals surface area contributed by atoms with Crippen LogP contribution in [-0.4, -0.2) is 31.3 Å². The summed E-state index contributed by atoms with van der Waals surface area (Å²) in [4.78, 5) is 10.0. The van der Waals surface area contributed by atoms with Gasteiger partial charge in [-0.05, 0) is 10.4 Å². The van der Waals surface area contributed by atoms with Gasteiger partial charge in [-0.3, -0.25) is 4.79 Å². The Kier molecular flexibility index (Phi) is 4.12. The predicted molar refractivity (Wildman–Crippen MR) is 37.3 cm³/mol. The molecule has 0 saturated carbocycles. The maximum atomic E-state index is 10.0. The number of carboxylic acids is 1. The van der Waals surface area contributed by atoms with Gasteiger partial charge in [-0.25, -0.2) is 4.68 Å². The van der Waals surface area contributed by atoms with Crippen LogP contribution in [0.4, 0.5) is 0 Å². The minimum atomic E-state index is -0.851. The number of aromatic nitrogens is 4. The molecular formula is C4H7ClN4O2. The molecule has 6 nitrogen and oxygen atoms in total. The molecule has 7 heteroatoms. The lowest BCUT2D eigenvalue weighted by atomic mass is 10.4. The zero-order valence-corrected chi connectivity index (χ0v) is 6.36. The second-order valence-corrected chi connectivity index (χ2v) is 1.72. The lowest BCUT2D eigenvalue weighted by molar-refractivity contribution is -0.137. The molecule has 1 heterocycles. The van der Waals surface area contributed by atoms with Crippen molar-refractivity contribution in [1.29, 1.82) is 0 Å². The molecule has 0 radical (unpaired) electrons. The van der Waals surface area contributed by atoms with E-state index in [1.54, 1.807) is 0 Å². The molecule has 62 valence electrons. The summed E-state index contributed by atoms with van der Waals surface area (Å²) in [6, 6.07) is 0. The molecule has 0 unspecified atom stereocenters. The zero-order chi connectivity index (χ0) is 7.40. The summed E-state index contributed by atoms with van der Waals surface area (Å²) < 4.78 is 1.37. The van der Waals surface area contributed by atoms with Crippen molar-refractivity contribution in [1.82, 2.24) is 20.2 Å². The topological polar surface area (TPSA) is 80.9 Å². The summed E-state index contributed by atoms with van der Waals surface area (Å²) in [5.41, 5.74) is 0. The Balaban J connectivity index is 0.000001000. The van der Waals surface area contributed by atoms with E-state index in [1.807, 2.05) is 0 Å². The highest BCUT2D eigenvalue weighted by Crippen LogP contribution is 1.83. The Hall–Kier alpha value is -1.17. The van der Waals surface area contributed by atoms with Crippen molar-refractivity contribution in [2.45, 2.75) is 13.0 Å². The van der Waals surface area contributed by atoms with Crippen LogP contribution in [-0.2, 0) is 11.3 Å². The minimum absolute atomic E-state index is 0. The average molecular weight is 179 g/mol. The molecule has 0 amide bonds. The fourth-order valence-electron chi connectivity index (χ4n) is 0.493. The van der Waals surface area contributed by atoms with E-state index >= 15 is 0 Å². The molecule has 1 rings (SSSR count). The number of tetrazole rings is 1. The zero-order valence-electron chi connectivity index (χ0n) is 5.54. The predicted octanol–water partition coefficient (Wildman–Crippen LogP) is -0.430. The van der Waals surface area contributed by atoms with Crippen molar-refractivity contribution in [2.24, 2.45) is 0 Å². The van der Waals surface area contributed by atoms with Crippen LogP contribution in [0, 0.1) is 0 Å². The van der Waals surface area contributed by atoms with E-state index in [0.717, 1.165) is 0 Å². The van der Waals surface area contributed by atoms with E-state index in [0.29, 0.717) is 6.54 Å². The fraction of sp³-hybridized carbons (Fsp3) is 0.500. The van der Waals surface area contributed by atoms with Crippen LogP contribution >= 0.6 is 12.4 Å². The van der Waals surface area contributed by atoms with E-state index in [2.05, 4.69) is 15.5 Å². The third-order valence-electron chi connectivity index (χ3n) is 0.946. The van der Waals surface area contributed by atoms with E-state index in [1.165, 1.54) is 11.0 Å². The Labute approximate surface area is 68.6 Å². The molecule has 0 aliphatic heterocycles. The molecule has 0 spiro atoms. The molecule has 0 bridgehead atoms. The summed E-state index contributed by atoms with van der Waals surface area (Å²) in [5, 5.41) is 18.4. The van der Waals surface area contributed by atoms with Crippen LogP contribution in [0.15, 0.2) is 6.33 Å². The van der Waals surface area contributed by atoms with Gasteiger partial charge in [-0.2, -0.15) is 0 Å². The SMILES string of the molecule is Cl.O=C(O)CCn1cnnn1. The molecule has 0 atom stereocenters. The van der Waals surface area contributed by atoms with Gasteiger partial charge < -0.3 is 5.11 Å². The number of rotatable bonds is 3. The molecule has 1 N–H and O–H groups in total. The summed E-state index contributed by atoms with van der Waals surface area (Å²) in [7, 11) is 0. The number of carboxylic acid groups (broad SMARTS) is 1. The van der Waals surface area contributed by atoms with Crippen LogP contribution in [0.25, 0.3) is 0 Å². The van der Waals surface area contributed by atoms with Gasteiger partial charge in [0.15, 0.2) is 0 Å². The summed E-state index contributed by atoms with van der Waals surface area (Å²) >= 11 is 0. The highest BCUT2D eigenvalue weighted by Gasteiger charge is 1.97. The molecule has 0 aliphatic rings. The van der Waals surface area contributed by atoms with Crippen molar-refractivity contribution >= 4 is 18.4 Å². The highest BCUT2D eigenvalue weighted by atomic mass is 35.5.